The van der Waals surface area contributed by atoms with Gasteiger partial charge in [0, 0.05) is 5.92 Å². The van der Waals surface area contributed by atoms with Crippen molar-refractivity contribution in [3.8, 4) is 11.8 Å². The number of hydrogen-bond acceptors (Lipinski definition) is 5. The summed E-state index contributed by atoms with van der Waals surface area (Å²) < 4.78 is 11.1. The van der Waals surface area contributed by atoms with Crippen molar-refractivity contribution < 1.29 is 9.15 Å². The lowest BCUT2D eigenvalue weighted by Crippen LogP contribution is -2.29. The predicted molar refractivity (Wildman–Crippen MR) is 86.8 cm³/mol. The van der Waals surface area contributed by atoms with Crippen LogP contribution in [0.4, 0.5) is 0 Å². The summed E-state index contributed by atoms with van der Waals surface area (Å²) in [7, 11) is 0. The summed E-state index contributed by atoms with van der Waals surface area (Å²) >= 11 is 0. The number of para-hydroxylation sites is 1. The molecule has 2 atom stereocenters. The molecule has 0 unspecified atom stereocenters. The first-order valence-corrected chi connectivity index (χ1v) is 7.71. The maximum absolute atomic E-state index is 12.5. The number of ether oxygens (including phenoxy) is 1. The molecular weight excluding hydrogens is 292 g/mol. The summed E-state index contributed by atoms with van der Waals surface area (Å²) in [5.41, 5.74) is 6.66. The number of allylic oxidation sites excluding steroid dienone is 1. The second kappa shape index (κ2) is 5.81. The van der Waals surface area contributed by atoms with Crippen molar-refractivity contribution in [3.05, 3.63) is 51.7 Å². The highest BCUT2D eigenvalue weighted by Crippen LogP contribution is 2.44. The fourth-order valence-corrected chi connectivity index (χ4v) is 3.29. The summed E-state index contributed by atoms with van der Waals surface area (Å²) in [6.07, 6.45) is 1.82. The Labute approximate surface area is 134 Å². The van der Waals surface area contributed by atoms with Crippen molar-refractivity contribution in [1.82, 2.24) is 0 Å². The molecule has 5 nitrogen and oxygen atoms in total. The van der Waals surface area contributed by atoms with Gasteiger partial charge >= 0.3 is 5.63 Å². The van der Waals surface area contributed by atoms with E-state index in [0.717, 1.165) is 12.8 Å². The zero-order chi connectivity index (χ0) is 16.6. The van der Waals surface area contributed by atoms with Gasteiger partial charge in [0.15, 0.2) is 5.75 Å². The van der Waals surface area contributed by atoms with E-state index >= 15 is 0 Å². The molecule has 0 saturated carbocycles. The Balaban J connectivity index is 2.32. The number of benzene rings is 1. The molecule has 3 rings (SSSR count). The first-order chi connectivity index (χ1) is 11.1. The first kappa shape index (κ1) is 15.2. The van der Waals surface area contributed by atoms with E-state index in [1.165, 1.54) is 0 Å². The Morgan fingerprint density at radius 3 is 2.83 bits per heavy atom. The first-order valence-electron chi connectivity index (χ1n) is 7.71. The minimum atomic E-state index is -0.466. The van der Waals surface area contributed by atoms with Crippen LogP contribution in [0.25, 0.3) is 11.0 Å². The molecule has 118 valence electrons. The van der Waals surface area contributed by atoms with E-state index in [9.17, 15) is 10.1 Å². The summed E-state index contributed by atoms with van der Waals surface area (Å²) in [5, 5.41) is 10.2. The van der Waals surface area contributed by atoms with Gasteiger partial charge in [0.05, 0.1) is 16.5 Å². The number of nitrogens with two attached hydrogens (primary N) is 1. The molecule has 0 amide bonds. The van der Waals surface area contributed by atoms with Crippen LogP contribution < -0.4 is 16.1 Å². The molecule has 1 aromatic heterocycles. The van der Waals surface area contributed by atoms with Gasteiger partial charge in [-0.1, -0.05) is 38.8 Å². The quantitative estimate of drug-likeness (QED) is 0.878. The minimum Gasteiger partial charge on any atom is -0.439 e. The average molecular weight is 310 g/mol. The van der Waals surface area contributed by atoms with Crippen molar-refractivity contribution in [2.24, 2.45) is 11.7 Å². The molecule has 1 aromatic carbocycles. The van der Waals surface area contributed by atoms with Crippen LogP contribution in [0.3, 0.4) is 0 Å². The molecule has 2 N–H and O–H groups in total. The molecule has 23 heavy (non-hydrogen) atoms. The normalized spacial score (nSPS) is 18.2. The molecule has 0 aliphatic carbocycles. The fourth-order valence-electron chi connectivity index (χ4n) is 3.29. The lowest BCUT2D eigenvalue weighted by atomic mass is 9.78. The van der Waals surface area contributed by atoms with E-state index in [0.29, 0.717) is 27.9 Å². The summed E-state index contributed by atoms with van der Waals surface area (Å²) in [6, 6.07) is 9.28. The van der Waals surface area contributed by atoms with Crippen LogP contribution in [0.15, 0.2) is 44.9 Å². The maximum Gasteiger partial charge on any atom is 0.343 e. The molecule has 2 aromatic rings. The minimum absolute atomic E-state index is 0.0729. The Hall–Kier alpha value is -2.74. The van der Waals surface area contributed by atoms with Crippen molar-refractivity contribution in [1.29, 1.82) is 5.26 Å². The fraction of sp³-hybridized carbons (Fsp3) is 0.333. The third kappa shape index (κ3) is 2.36. The van der Waals surface area contributed by atoms with Gasteiger partial charge in [-0.15, -0.1) is 0 Å². The van der Waals surface area contributed by atoms with Crippen LogP contribution in [0.1, 0.15) is 38.2 Å². The van der Waals surface area contributed by atoms with E-state index in [-0.39, 0.29) is 11.8 Å². The van der Waals surface area contributed by atoms with Crippen LogP contribution in [0.5, 0.6) is 5.75 Å². The Bertz CT molecular complexity index is 889. The highest BCUT2D eigenvalue weighted by atomic mass is 16.5. The zero-order valence-corrected chi connectivity index (χ0v) is 13.1. The van der Waals surface area contributed by atoms with Gasteiger partial charge in [-0.25, -0.2) is 4.79 Å². The van der Waals surface area contributed by atoms with Crippen LogP contribution in [-0.4, -0.2) is 0 Å². The SMILES string of the molecule is CCC[C@H](C)[C@@H]1C(C#N)=C(N)Oc2c1c(=O)oc1ccccc21. The van der Waals surface area contributed by atoms with Gasteiger partial charge in [0.25, 0.3) is 0 Å². The highest BCUT2D eigenvalue weighted by Gasteiger charge is 2.37. The number of nitriles is 1. The van der Waals surface area contributed by atoms with Gasteiger partial charge in [-0.05, 0) is 18.1 Å². The number of hydrogen-bond donors (Lipinski definition) is 1. The molecule has 0 radical (unpaired) electrons. The van der Waals surface area contributed by atoms with Gasteiger partial charge < -0.3 is 14.9 Å². The van der Waals surface area contributed by atoms with Crippen LogP contribution in [-0.2, 0) is 0 Å². The monoisotopic (exact) mass is 310 g/mol. The van der Waals surface area contributed by atoms with Gasteiger partial charge in [0.1, 0.15) is 11.7 Å². The Morgan fingerprint density at radius 2 is 2.13 bits per heavy atom. The van der Waals surface area contributed by atoms with Crippen molar-refractivity contribution in [3.63, 3.8) is 0 Å². The number of rotatable bonds is 3. The standard InChI is InChI=1S/C18H18N2O3/c1-3-6-10(2)14-12(9-19)17(20)23-16-11-7-4-5-8-13(11)22-18(21)15(14)16/h4-5,7-8,10,14H,3,6,20H2,1-2H3/t10-,14+/m0/s1. The van der Waals surface area contributed by atoms with E-state index in [4.69, 9.17) is 14.9 Å². The van der Waals surface area contributed by atoms with Crippen molar-refractivity contribution in [2.75, 3.05) is 0 Å². The average Bonchev–Trinajstić information content (AvgIpc) is 2.54. The van der Waals surface area contributed by atoms with E-state index in [1.807, 2.05) is 19.1 Å². The molecule has 2 heterocycles. The lowest BCUT2D eigenvalue weighted by molar-refractivity contribution is 0.351. The largest absolute Gasteiger partial charge is 0.439 e. The Morgan fingerprint density at radius 1 is 1.39 bits per heavy atom. The molecule has 5 heteroatoms. The van der Waals surface area contributed by atoms with Crippen molar-refractivity contribution in [2.45, 2.75) is 32.6 Å². The van der Waals surface area contributed by atoms with Crippen molar-refractivity contribution >= 4 is 11.0 Å². The summed E-state index contributed by atoms with van der Waals surface area (Å²) in [6.45, 7) is 4.08. The van der Waals surface area contributed by atoms with Crippen LogP contribution >= 0.6 is 0 Å². The van der Waals surface area contributed by atoms with Gasteiger partial charge in [-0.2, -0.15) is 5.26 Å². The molecule has 0 saturated heterocycles. The third-order valence-electron chi connectivity index (χ3n) is 4.33. The highest BCUT2D eigenvalue weighted by molar-refractivity contribution is 5.85. The predicted octanol–water partition coefficient (Wildman–Crippen LogP) is 3.40. The maximum atomic E-state index is 12.5. The topological polar surface area (TPSA) is 89.3 Å². The van der Waals surface area contributed by atoms with Crippen LogP contribution in [0.2, 0.25) is 0 Å². The summed E-state index contributed by atoms with van der Waals surface area (Å²) in [5.74, 6) is 0.175. The zero-order valence-electron chi connectivity index (χ0n) is 13.1. The van der Waals surface area contributed by atoms with Crippen LogP contribution in [0, 0.1) is 17.2 Å². The van der Waals surface area contributed by atoms with Gasteiger partial charge in [-0.3, -0.25) is 0 Å². The summed E-state index contributed by atoms with van der Waals surface area (Å²) in [4.78, 5) is 12.5. The number of nitrogens with zero attached hydrogens (tertiary/aromatic N) is 1. The molecule has 0 spiro atoms. The van der Waals surface area contributed by atoms with E-state index in [2.05, 4.69) is 13.0 Å². The Kier molecular flexibility index (Phi) is 3.83. The molecule has 1 aliphatic rings. The van der Waals surface area contributed by atoms with E-state index in [1.54, 1.807) is 12.1 Å². The van der Waals surface area contributed by atoms with E-state index < -0.39 is 11.5 Å². The van der Waals surface area contributed by atoms with Gasteiger partial charge in [0.2, 0.25) is 5.88 Å². The lowest BCUT2D eigenvalue weighted by Gasteiger charge is -2.29. The molecule has 0 bridgehead atoms. The molecule has 0 fully saturated rings. The second-order valence-electron chi connectivity index (χ2n) is 5.86. The second-order valence-corrected chi connectivity index (χ2v) is 5.86. The third-order valence-corrected chi connectivity index (χ3v) is 4.33. The smallest absolute Gasteiger partial charge is 0.343 e. The number of fused-ring (bicyclic) bond motifs is 3. The molecular formula is C18H18N2O3. The molecule has 1 aliphatic heterocycles.